The van der Waals surface area contributed by atoms with Gasteiger partial charge in [0.05, 0.1) is 22.4 Å². The highest BCUT2D eigenvalue weighted by molar-refractivity contribution is 9.10. The summed E-state index contributed by atoms with van der Waals surface area (Å²) >= 11 is 9.95. The van der Waals surface area contributed by atoms with Crippen LogP contribution in [0.5, 0.6) is 0 Å². The molecule has 6 nitrogen and oxygen atoms in total. The summed E-state index contributed by atoms with van der Waals surface area (Å²) in [5.41, 5.74) is 7.08. The van der Waals surface area contributed by atoms with E-state index in [1.165, 1.54) is 41.0 Å². The third-order valence-electron chi connectivity index (χ3n) is 7.01. The molecule has 3 heterocycles. The van der Waals surface area contributed by atoms with E-state index >= 15 is 0 Å². The molecular weight excluding hydrogens is 686 g/mol. The minimum Gasteiger partial charge on any atom is -0.294 e. The summed E-state index contributed by atoms with van der Waals surface area (Å²) in [7, 11) is 0. The lowest BCUT2D eigenvalue weighted by Crippen LogP contribution is -2.28. The molecule has 0 aliphatic carbocycles. The molecule has 2 aromatic carbocycles. The van der Waals surface area contributed by atoms with Crippen molar-refractivity contribution in [3.63, 3.8) is 0 Å². The number of benzene rings is 2. The Morgan fingerprint density at radius 3 is 1.71 bits per heavy atom. The summed E-state index contributed by atoms with van der Waals surface area (Å²) in [6, 6.07) is 18.5. The highest BCUT2D eigenvalue weighted by atomic mass is 79.9. The molecule has 0 fully saturated rings. The maximum absolute atomic E-state index is 13.6. The molecule has 2 unspecified atom stereocenters. The number of carbonyl (C=O) groups excluding carboxylic acids is 2. The van der Waals surface area contributed by atoms with E-state index < -0.39 is 5.56 Å². The monoisotopic (exact) mass is 709 g/mol. The number of aromatic nitrogens is 3. The predicted octanol–water partition coefficient (Wildman–Crippen LogP) is 8.17. The van der Waals surface area contributed by atoms with Gasteiger partial charge in [0, 0.05) is 61.2 Å². The van der Waals surface area contributed by atoms with Crippen molar-refractivity contribution in [1.82, 2.24) is 14.5 Å². The van der Waals surface area contributed by atoms with Gasteiger partial charge in [-0.1, -0.05) is 56.1 Å². The van der Waals surface area contributed by atoms with Crippen molar-refractivity contribution in [2.45, 2.75) is 38.5 Å². The average Bonchev–Trinajstić information content (AvgIpc) is 3.59. The number of halogens is 2. The topological polar surface area (TPSA) is 81.9 Å². The Morgan fingerprint density at radius 2 is 1.24 bits per heavy atom. The van der Waals surface area contributed by atoms with E-state index in [0.29, 0.717) is 5.56 Å². The first-order chi connectivity index (χ1) is 19.7. The Bertz CT molecular complexity index is 1760. The van der Waals surface area contributed by atoms with Crippen molar-refractivity contribution in [1.29, 1.82) is 0 Å². The second-order valence-electron chi connectivity index (χ2n) is 9.66. The lowest BCUT2D eigenvalue weighted by Gasteiger charge is -2.18. The Morgan fingerprint density at radius 1 is 0.756 bits per heavy atom. The van der Waals surface area contributed by atoms with Gasteiger partial charge in [0.1, 0.15) is 0 Å². The number of ketones is 1. The number of carbonyl (C=O) groups is 2. The Labute approximate surface area is 262 Å². The van der Waals surface area contributed by atoms with Crippen molar-refractivity contribution in [3.05, 3.63) is 135 Å². The van der Waals surface area contributed by atoms with Crippen LogP contribution in [0.25, 0.3) is 0 Å². The van der Waals surface area contributed by atoms with Crippen molar-refractivity contribution >= 4 is 66.2 Å². The van der Waals surface area contributed by atoms with E-state index in [-0.39, 0.29) is 36.4 Å². The zero-order valence-corrected chi connectivity index (χ0v) is 27.0. The number of hydrogen-bond donors (Lipinski definition) is 0. The summed E-state index contributed by atoms with van der Waals surface area (Å²) in [4.78, 5) is 50.9. The van der Waals surface area contributed by atoms with Gasteiger partial charge in [-0.3, -0.25) is 19.0 Å². The van der Waals surface area contributed by atoms with Gasteiger partial charge < -0.3 is 0 Å². The number of pyridine rings is 1. The second kappa shape index (κ2) is 12.9. The molecule has 208 valence electrons. The van der Waals surface area contributed by atoms with Gasteiger partial charge in [0.15, 0.2) is 5.78 Å². The van der Waals surface area contributed by atoms with Crippen molar-refractivity contribution in [3.8, 4) is 0 Å². The van der Waals surface area contributed by atoms with Crippen LogP contribution < -0.4 is 5.56 Å². The molecule has 5 aromatic rings. The standard InChI is InChI=1S/C31H25Br2N3O3S2/c1-18-30(40-16-34-18)25(20-3-8-23(32)9-4-20)13-27(37)22-7-12-28(38)36(15-22)29(39)14-26(31-19(2)35-17-41-31)21-5-10-24(33)11-6-21/h3-12,15-17,25-26H,13-14H2,1-2H3. The molecule has 0 aliphatic heterocycles. The van der Waals surface area contributed by atoms with Crippen LogP contribution in [-0.2, 0) is 0 Å². The average molecular weight is 712 g/mol. The van der Waals surface area contributed by atoms with Gasteiger partial charge in [0.2, 0.25) is 5.91 Å². The minimum absolute atomic E-state index is 0.0593. The molecule has 0 radical (unpaired) electrons. The van der Waals surface area contributed by atoms with Gasteiger partial charge in [-0.25, -0.2) is 9.97 Å². The van der Waals surface area contributed by atoms with Gasteiger partial charge in [-0.15, -0.1) is 22.7 Å². The number of hydrogen-bond acceptors (Lipinski definition) is 7. The Hall–Kier alpha value is -3.05. The van der Waals surface area contributed by atoms with Gasteiger partial charge in [-0.2, -0.15) is 0 Å². The first-order valence-corrected chi connectivity index (χ1v) is 16.2. The van der Waals surface area contributed by atoms with Crippen LogP contribution in [0.2, 0.25) is 0 Å². The van der Waals surface area contributed by atoms with Crippen molar-refractivity contribution in [2.75, 3.05) is 0 Å². The molecular formula is C31H25Br2N3O3S2. The maximum atomic E-state index is 13.6. The molecule has 5 rings (SSSR count). The molecule has 0 saturated heterocycles. The van der Waals surface area contributed by atoms with Crippen molar-refractivity contribution < 1.29 is 9.59 Å². The van der Waals surface area contributed by atoms with Crippen molar-refractivity contribution in [2.24, 2.45) is 0 Å². The van der Waals surface area contributed by atoms with Gasteiger partial charge in [0.25, 0.3) is 5.56 Å². The fraction of sp³-hybridized carbons (Fsp3) is 0.194. The van der Waals surface area contributed by atoms with E-state index in [9.17, 15) is 14.4 Å². The quantitative estimate of drug-likeness (QED) is 0.144. The van der Waals surface area contributed by atoms with Crippen LogP contribution in [0, 0.1) is 13.8 Å². The number of Topliss-reactive ketones (excluding diaryl/α,β-unsaturated/α-hetero) is 1. The Balaban J connectivity index is 1.44. The summed E-state index contributed by atoms with van der Waals surface area (Å²) in [6.45, 7) is 3.86. The van der Waals surface area contributed by atoms with Crippen LogP contribution in [0.4, 0.5) is 0 Å². The van der Waals surface area contributed by atoms with E-state index in [2.05, 4.69) is 41.8 Å². The predicted molar refractivity (Wildman–Crippen MR) is 171 cm³/mol. The lowest BCUT2D eigenvalue weighted by molar-refractivity contribution is 0.0893. The highest BCUT2D eigenvalue weighted by Crippen LogP contribution is 2.36. The SMILES string of the molecule is Cc1ncsc1C(CC(=O)c1ccc(=O)n(C(=O)CC(c2ccc(Br)cc2)c2scnc2C)c1)c1ccc(Br)cc1. The van der Waals surface area contributed by atoms with Crippen LogP contribution in [-0.4, -0.2) is 26.2 Å². The number of rotatable bonds is 9. The van der Waals surface area contributed by atoms with E-state index in [0.717, 1.165) is 45.8 Å². The zero-order chi connectivity index (χ0) is 29.1. The first kappa shape index (κ1) is 29.4. The highest BCUT2D eigenvalue weighted by Gasteiger charge is 2.26. The van der Waals surface area contributed by atoms with Crippen LogP contribution in [0.3, 0.4) is 0 Å². The summed E-state index contributed by atoms with van der Waals surface area (Å²) in [6.07, 6.45) is 1.63. The first-order valence-electron chi connectivity index (χ1n) is 12.8. The number of nitrogens with zero attached hydrogens (tertiary/aromatic N) is 3. The smallest absolute Gasteiger partial charge is 0.257 e. The molecule has 3 aromatic heterocycles. The third kappa shape index (κ3) is 6.72. The third-order valence-corrected chi connectivity index (χ3v) is 10.2. The molecule has 2 atom stereocenters. The van der Waals surface area contributed by atoms with Crippen LogP contribution in [0.1, 0.15) is 72.1 Å². The van der Waals surface area contributed by atoms with E-state index in [1.54, 1.807) is 11.0 Å². The lowest BCUT2D eigenvalue weighted by atomic mass is 9.90. The summed E-state index contributed by atoms with van der Waals surface area (Å²) in [5, 5.41) is 0. The fourth-order valence-electron chi connectivity index (χ4n) is 4.83. The zero-order valence-electron chi connectivity index (χ0n) is 22.2. The summed E-state index contributed by atoms with van der Waals surface area (Å²) < 4.78 is 2.96. The van der Waals surface area contributed by atoms with Crippen LogP contribution >= 0.6 is 54.5 Å². The molecule has 0 amide bonds. The number of aryl methyl sites for hydroxylation is 2. The molecule has 0 saturated carbocycles. The molecule has 0 aliphatic rings. The second-order valence-corrected chi connectivity index (χ2v) is 13.3. The molecule has 0 spiro atoms. The van der Waals surface area contributed by atoms with E-state index in [4.69, 9.17) is 0 Å². The molecule has 41 heavy (non-hydrogen) atoms. The minimum atomic E-state index is -0.468. The number of thiazole rings is 2. The normalized spacial score (nSPS) is 12.7. The largest absolute Gasteiger partial charge is 0.294 e. The van der Waals surface area contributed by atoms with Crippen LogP contribution in [0.15, 0.2) is 91.6 Å². The van der Waals surface area contributed by atoms with E-state index in [1.807, 2.05) is 62.4 Å². The fourth-order valence-corrected chi connectivity index (χ4v) is 7.22. The molecule has 0 bridgehead atoms. The van der Waals surface area contributed by atoms with Gasteiger partial charge in [-0.05, 0) is 55.3 Å². The molecule has 0 N–H and O–H groups in total. The molecule has 10 heteroatoms. The van der Waals surface area contributed by atoms with Gasteiger partial charge >= 0.3 is 0 Å². The summed E-state index contributed by atoms with van der Waals surface area (Å²) in [5.74, 6) is -1.01. The maximum Gasteiger partial charge on any atom is 0.257 e. The Kier molecular flexibility index (Phi) is 9.23.